The van der Waals surface area contributed by atoms with Crippen LogP contribution >= 0.6 is 0 Å². The standard InChI is InChI=1S/C9H15N/c1-3-6-9(2)7-4-5-8-10/h4-5,7-8,10H,3,6H2,1-2H3/b5-4-,9-7+,10-8?. The Balaban J connectivity index is 3.67. The zero-order valence-corrected chi connectivity index (χ0v) is 6.72. The van der Waals surface area contributed by atoms with E-state index in [2.05, 4.69) is 19.9 Å². The summed E-state index contributed by atoms with van der Waals surface area (Å²) >= 11 is 0. The van der Waals surface area contributed by atoms with Crippen molar-refractivity contribution < 1.29 is 0 Å². The van der Waals surface area contributed by atoms with Crippen LogP contribution < -0.4 is 0 Å². The fourth-order valence-corrected chi connectivity index (χ4v) is 0.753. The first-order chi connectivity index (χ1) is 4.81. The molecule has 0 atom stereocenters. The van der Waals surface area contributed by atoms with Gasteiger partial charge in [0.2, 0.25) is 0 Å². The lowest BCUT2D eigenvalue weighted by molar-refractivity contribution is 0.906. The highest BCUT2D eigenvalue weighted by Crippen LogP contribution is 2.01. The van der Waals surface area contributed by atoms with Crippen LogP contribution in [0, 0.1) is 5.41 Å². The van der Waals surface area contributed by atoms with Crippen molar-refractivity contribution in [2.45, 2.75) is 26.7 Å². The summed E-state index contributed by atoms with van der Waals surface area (Å²) in [5, 5.41) is 6.71. The summed E-state index contributed by atoms with van der Waals surface area (Å²) in [6, 6.07) is 0. The maximum absolute atomic E-state index is 6.71. The smallest absolute Gasteiger partial charge is 0.0177 e. The molecule has 0 saturated carbocycles. The van der Waals surface area contributed by atoms with Gasteiger partial charge in [-0.1, -0.05) is 31.1 Å². The molecule has 0 spiro atoms. The van der Waals surface area contributed by atoms with Crippen molar-refractivity contribution >= 4 is 6.21 Å². The first-order valence-electron chi connectivity index (χ1n) is 3.64. The van der Waals surface area contributed by atoms with Gasteiger partial charge in [-0.2, -0.15) is 0 Å². The lowest BCUT2D eigenvalue weighted by Gasteiger charge is -1.92. The number of nitrogens with one attached hydrogen (secondary N) is 1. The van der Waals surface area contributed by atoms with Crippen LogP contribution in [0.25, 0.3) is 0 Å². The van der Waals surface area contributed by atoms with Crippen LogP contribution in [-0.2, 0) is 0 Å². The molecule has 0 aromatic carbocycles. The van der Waals surface area contributed by atoms with Crippen LogP contribution in [0.2, 0.25) is 0 Å². The van der Waals surface area contributed by atoms with E-state index in [1.54, 1.807) is 6.08 Å². The SMILES string of the molecule is CCC/C(C)=C/C=C\C=N. The fraction of sp³-hybridized carbons (Fsp3) is 0.444. The van der Waals surface area contributed by atoms with Gasteiger partial charge in [-0.3, -0.25) is 0 Å². The monoisotopic (exact) mass is 137 g/mol. The van der Waals surface area contributed by atoms with Crippen LogP contribution in [0.4, 0.5) is 0 Å². The fourth-order valence-electron chi connectivity index (χ4n) is 0.753. The van der Waals surface area contributed by atoms with E-state index in [0.29, 0.717) is 0 Å². The molecule has 0 radical (unpaired) electrons. The van der Waals surface area contributed by atoms with Crippen molar-refractivity contribution in [1.29, 1.82) is 5.41 Å². The first kappa shape index (κ1) is 9.15. The van der Waals surface area contributed by atoms with E-state index in [1.165, 1.54) is 18.2 Å². The number of allylic oxidation sites excluding steroid dienone is 4. The molecule has 0 heterocycles. The minimum Gasteiger partial charge on any atom is -0.309 e. The predicted molar refractivity (Wildman–Crippen MR) is 46.6 cm³/mol. The molecule has 1 heteroatoms. The van der Waals surface area contributed by atoms with Gasteiger partial charge in [-0.05, 0) is 19.4 Å². The van der Waals surface area contributed by atoms with E-state index >= 15 is 0 Å². The summed E-state index contributed by atoms with van der Waals surface area (Å²) in [6.45, 7) is 4.27. The topological polar surface area (TPSA) is 23.9 Å². The molecule has 0 unspecified atom stereocenters. The second-order valence-corrected chi connectivity index (χ2v) is 2.31. The minimum absolute atomic E-state index is 1.16. The van der Waals surface area contributed by atoms with Crippen molar-refractivity contribution in [2.24, 2.45) is 0 Å². The number of hydrogen-bond donors (Lipinski definition) is 1. The van der Waals surface area contributed by atoms with Crippen molar-refractivity contribution in [3.8, 4) is 0 Å². The summed E-state index contributed by atoms with van der Waals surface area (Å²) in [5.74, 6) is 0. The molecule has 0 aliphatic heterocycles. The van der Waals surface area contributed by atoms with Gasteiger partial charge in [0.25, 0.3) is 0 Å². The molecule has 0 aromatic rings. The minimum atomic E-state index is 1.16. The molecule has 0 aliphatic carbocycles. The lowest BCUT2D eigenvalue weighted by atomic mass is 10.1. The van der Waals surface area contributed by atoms with Gasteiger partial charge >= 0.3 is 0 Å². The van der Waals surface area contributed by atoms with Gasteiger partial charge in [0.1, 0.15) is 0 Å². The third-order valence-corrected chi connectivity index (χ3v) is 1.23. The van der Waals surface area contributed by atoms with E-state index in [0.717, 1.165) is 6.42 Å². The second kappa shape index (κ2) is 6.27. The highest BCUT2D eigenvalue weighted by atomic mass is 14.3. The normalized spacial score (nSPS) is 12.4. The third kappa shape index (κ3) is 5.29. The molecule has 1 N–H and O–H groups in total. The molecular weight excluding hydrogens is 122 g/mol. The van der Waals surface area contributed by atoms with Crippen molar-refractivity contribution in [2.75, 3.05) is 0 Å². The summed E-state index contributed by atoms with van der Waals surface area (Å²) in [5.41, 5.74) is 1.38. The Morgan fingerprint density at radius 3 is 2.60 bits per heavy atom. The van der Waals surface area contributed by atoms with Crippen LogP contribution in [0.15, 0.2) is 23.8 Å². The van der Waals surface area contributed by atoms with Gasteiger partial charge in [-0.25, -0.2) is 0 Å². The maximum Gasteiger partial charge on any atom is 0.0177 e. The van der Waals surface area contributed by atoms with Crippen molar-refractivity contribution in [3.05, 3.63) is 23.8 Å². The van der Waals surface area contributed by atoms with Gasteiger partial charge in [0.15, 0.2) is 0 Å². The molecule has 0 rings (SSSR count). The Morgan fingerprint density at radius 2 is 2.10 bits per heavy atom. The average molecular weight is 137 g/mol. The van der Waals surface area contributed by atoms with E-state index in [9.17, 15) is 0 Å². The predicted octanol–water partition coefficient (Wildman–Crippen LogP) is 2.94. The molecule has 10 heavy (non-hydrogen) atoms. The number of rotatable bonds is 4. The Morgan fingerprint density at radius 1 is 1.40 bits per heavy atom. The van der Waals surface area contributed by atoms with E-state index < -0.39 is 0 Å². The molecule has 0 fully saturated rings. The van der Waals surface area contributed by atoms with Crippen LogP contribution in [-0.4, -0.2) is 6.21 Å². The van der Waals surface area contributed by atoms with Crippen LogP contribution in [0.1, 0.15) is 26.7 Å². The van der Waals surface area contributed by atoms with Gasteiger partial charge in [0, 0.05) is 6.21 Å². The Labute approximate surface area is 63.0 Å². The largest absolute Gasteiger partial charge is 0.309 e. The number of hydrogen-bond acceptors (Lipinski definition) is 1. The van der Waals surface area contributed by atoms with Crippen molar-refractivity contribution in [3.63, 3.8) is 0 Å². The third-order valence-electron chi connectivity index (χ3n) is 1.23. The van der Waals surface area contributed by atoms with E-state index in [4.69, 9.17) is 5.41 Å². The van der Waals surface area contributed by atoms with Gasteiger partial charge in [0.05, 0.1) is 0 Å². The molecule has 1 nitrogen and oxygen atoms in total. The molecule has 0 amide bonds. The highest BCUT2D eigenvalue weighted by molar-refractivity contribution is 5.68. The van der Waals surface area contributed by atoms with E-state index in [1.807, 2.05) is 6.08 Å². The molecule has 0 aromatic heterocycles. The molecule has 56 valence electrons. The zero-order valence-electron chi connectivity index (χ0n) is 6.72. The van der Waals surface area contributed by atoms with Crippen molar-refractivity contribution in [1.82, 2.24) is 0 Å². The Hall–Kier alpha value is -0.850. The summed E-state index contributed by atoms with van der Waals surface area (Å²) in [4.78, 5) is 0. The summed E-state index contributed by atoms with van der Waals surface area (Å²) in [7, 11) is 0. The van der Waals surface area contributed by atoms with Gasteiger partial charge < -0.3 is 5.41 Å². The molecule has 0 saturated heterocycles. The lowest BCUT2D eigenvalue weighted by Crippen LogP contribution is -1.72. The maximum atomic E-state index is 6.71. The van der Waals surface area contributed by atoms with E-state index in [-0.39, 0.29) is 0 Å². The quantitative estimate of drug-likeness (QED) is 0.455. The molecular formula is C9H15N. The Bertz CT molecular complexity index is 143. The Kier molecular flexibility index (Phi) is 5.74. The van der Waals surface area contributed by atoms with Crippen LogP contribution in [0.3, 0.4) is 0 Å². The second-order valence-electron chi connectivity index (χ2n) is 2.31. The zero-order chi connectivity index (χ0) is 7.82. The molecule has 0 aliphatic rings. The average Bonchev–Trinajstić information content (AvgIpc) is 1.89. The van der Waals surface area contributed by atoms with Crippen LogP contribution in [0.5, 0.6) is 0 Å². The highest BCUT2D eigenvalue weighted by Gasteiger charge is 1.81. The summed E-state index contributed by atoms with van der Waals surface area (Å²) in [6.07, 6.45) is 9.31. The first-order valence-corrected chi connectivity index (χ1v) is 3.64. The van der Waals surface area contributed by atoms with Gasteiger partial charge in [-0.15, -0.1) is 0 Å². The summed E-state index contributed by atoms with van der Waals surface area (Å²) < 4.78 is 0. The molecule has 0 bridgehead atoms.